The molecule has 10 nitrogen and oxygen atoms in total. The highest BCUT2D eigenvalue weighted by molar-refractivity contribution is 5.80. The molecule has 2 N–H and O–H groups in total. The van der Waals surface area contributed by atoms with E-state index in [0.29, 0.717) is 25.6 Å². The summed E-state index contributed by atoms with van der Waals surface area (Å²) in [6.45, 7) is 8.41. The van der Waals surface area contributed by atoms with Crippen molar-refractivity contribution >= 4 is 23.5 Å². The van der Waals surface area contributed by atoms with Gasteiger partial charge in [0.05, 0.1) is 11.6 Å². The van der Waals surface area contributed by atoms with Gasteiger partial charge in [-0.05, 0) is 38.8 Å². The van der Waals surface area contributed by atoms with Gasteiger partial charge in [-0.1, -0.05) is 18.2 Å². The van der Waals surface area contributed by atoms with E-state index in [0.717, 1.165) is 60.7 Å². The van der Waals surface area contributed by atoms with Crippen LogP contribution in [-0.4, -0.2) is 75.7 Å². The Kier molecular flexibility index (Phi) is 7.07. The third-order valence-corrected chi connectivity index (χ3v) is 7.32. The highest BCUT2D eigenvalue weighted by atomic mass is 16.2. The third kappa shape index (κ3) is 5.42. The first-order chi connectivity index (χ1) is 17.9. The second kappa shape index (κ2) is 10.6. The minimum atomic E-state index is -0.261. The molecule has 1 atom stereocenters. The number of aromatic nitrogens is 4. The number of para-hydroxylation sites is 1. The number of carbonyl (C=O) groups is 2. The van der Waals surface area contributed by atoms with E-state index in [1.807, 2.05) is 54.2 Å². The Balaban J connectivity index is 1.25. The molecule has 2 fully saturated rings. The van der Waals surface area contributed by atoms with Gasteiger partial charge in [-0.25, -0.2) is 9.97 Å². The summed E-state index contributed by atoms with van der Waals surface area (Å²) in [7, 11) is 0. The maximum atomic E-state index is 12.9. The van der Waals surface area contributed by atoms with Gasteiger partial charge in [0.2, 0.25) is 17.8 Å². The summed E-state index contributed by atoms with van der Waals surface area (Å²) in [6, 6.07) is 10.2. The van der Waals surface area contributed by atoms with E-state index in [4.69, 9.17) is 5.73 Å². The second-order valence-corrected chi connectivity index (χ2v) is 9.93. The summed E-state index contributed by atoms with van der Waals surface area (Å²) in [5, 5.41) is 4.42. The van der Waals surface area contributed by atoms with Crippen LogP contribution in [-0.2, 0) is 16.1 Å². The quantitative estimate of drug-likeness (QED) is 0.549. The van der Waals surface area contributed by atoms with Gasteiger partial charge in [0.25, 0.3) is 0 Å². The van der Waals surface area contributed by atoms with Crippen molar-refractivity contribution in [2.75, 3.05) is 49.1 Å². The smallest absolute Gasteiger partial charge is 0.244 e. The van der Waals surface area contributed by atoms with Gasteiger partial charge in [0.15, 0.2) is 0 Å². The Morgan fingerprint density at radius 1 is 1.00 bits per heavy atom. The van der Waals surface area contributed by atoms with Crippen LogP contribution in [0, 0.1) is 19.8 Å². The number of anilines is 2. The van der Waals surface area contributed by atoms with Crippen LogP contribution in [0.2, 0.25) is 0 Å². The van der Waals surface area contributed by atoms with Crippen LogP contribution in [0.4, 0.5) is 11.6 Å². The molecule has 10 heteroatoms. The van der Waals surface area contributed by atoms with Crippen molar-refractivity contribution in [3.63, 3.8) is 0 Å². The lowest BCUT2D eigenvalue weighted by molar-refractivity contribution is -0.132. The monoisotopic (exact) mass is 502 g/mol. The molecule has 2 aliphatic rings. The Hall–Kier alpha value is -3.95. The highest BCUT2D eigenvalue weighted by Crippen LogP contribution is 2.31. The summed E-state index contributed by atoms with van der Waals surface area (Å²) in [6.07, 6.45) is 5.42. The molecule has 1 unspecified atom stereocenters. The maximum Gasteiger partial charge on any atom is 0.244 e. The molecule has 4 heterocycles. The van der Waals surface area contributed by atoms with E-state index in [1.165, 1.54) is 0 Å². The van der Waals surface area contributed by atoms with E-state index in [2.05, 4.69) is 32.1 Å². The summed E-state index contributed by atoms with van der Waals surface area (Å²) in [5.41, 5.74) is 10.6. The Morgan fingerprint density at radius 2 is 1.73 bits per heavy atom. The first-order valence-corrected chi connectivity index (χ1v) is 12.9. The van der Waals surface area contributed by atoms with Gasteiger partial charge in [0, 0.05) is 74.2 Å². The van der Waals surface area contributed by atoms with Crippen molar-refractivity contribution in [1.82, 2.24) is 24.6 Å². The maximum absolute atomic E-state index is 12.9. The number of amides is 2. The van der Waals surface area contributed by atoms with Gasteiger partial charge >= 0.3 is 0 Å². The lowest BCUT2D eigenvalue weighted by atomic mass is 9.98. The first-order valence-electron chi connectivity index (χ1n) is 12.9. The summed E-state index contributed by atoms with van der Waals surface area (Å²) >= 11 is 0. The average Bonchev–Trinajstić information content (AvgIpc) is 3.24. The van der Waals surface area contributed by atoms with Gasteiger partial charge in [-0.2, -0.15) is 5.10 Å². The molecule has 2 saturated heterocycles. The van der Waals surface area contributed by atoms with Crippen LogP contribution in [0.5, 0.6) is 0 Å². The fourth-order valence-corrected chi connectivity index (χ4v) is 5.27. The molecule has 37 heavy (non-hydrogen) atoms. The van der Waals surface area contributed by atoms with Crippen molar-refractivity contribution in [2.45, 2.75) is 33.2 Å². The van der Waals surface area contributed by atoms with Crippen LogP contribution in [0.15, 0.2) is 42.7 Å². The topological polar surface area (TPSA) is 113 Å². The van der Waals surface area contributed by atoms with Gasteiger partial charge in [-0.15, -0.1) is 0 Å². The van der Waals surface area contributed by atoms with Crippen LogP contribution in [0.25, 0.3) is 11.1 Å². The predicted octanol–water partition coefficient (Wildman–Crippen LogP) is 2.01. The fraction of sp³-hybridized carbons (Fsp3) is 0.444. The average molecular weight is 503 g/mol. The number of rotatable bonds is 6. The summed E-state index contributed by atoms with van der Waals surface area (Å²) in [5.74, 6) is 0.306. The SMILES string of the molecule is Cc1cc(C)n(CC(=O)N2CCN(c3ccccc3-c3cnc(N4CCCC(C(N)=O)C4)nc3)CC2)n1. The molecular weight excluding hydrogens is 468 g/mol. The van der Waals surface area contributed by atoms with Crippen molar-refractivity contribution in [2.24, 2.45) is 11.7 Å². The number of primary amides is 1. The number of nitrogens with zero attached hydrogens (tertiary/aromatic N) is 7. The van der Waals surface area contributed by atoms with Gasteiger partial charge in [0.1, 0.15) is 6.54 Å². The zero-order valence-corrected chi connectivity index (χ0v) is 21.5. The molecule has 194 valence electrons. The van der Waals surface area contributed by atoms with Gasteiger partial charge < -0.3 is 20.4 Å². The van der Waals surface area contributed by atoms with Crippen LogP contribution in [0.1, 0.15) is 24.2 Å². The summed E-state index contributed by atoms with van der Waals surface area (Å²) < 4.78 is 1.78. The normalized spacial score (nSPS) is 18.2. The van der Waals surface area contributed by atoms with Crippen molar-refractivity contribution in [3.05, 3.63) is 54.1 Å². The van der Waals surface area contributed by atoms with Crippen molar-refractivity contribution in [3.8, 4) is 11.1 Å². The standard InChI is InChI=1S/C27H34N8O2/c1-19-14-20(2)35(31-19)18-25(36)33-12-10-32(11-13-33)24-8-4-3-7-23(24)22-15-29-27(30-16-22)34-9-5-6-21(17-34)26(28)37/h3-4,7-8,14-16,21H,5-6,9-13,17-18H2,1-2H3,(H2,28,37). The lowest BCUT2D eigenvalue weighted by Gasteiger charge is -2.37. The van der Waals surface area contributed by atoms with Crippen molar-refractivity contribution in [1.29, 1.82) is 0 Å². The second-order valence-electron chi connectivity index (χ2n) is 9.93. The van der Waals surface area contributed by atoms with Crippen LogP contribution >= 0.6 is 0 Å². The number of piperazine rings is 1. The number of benzene rings is 1. The molecule has 5 rings (SSSR count). The van der Waals surface area contributed by atoms with E-state index in [9.17, 15) is 9.59 Å². The van der Waals surface area contributed by atoms with E-state index in [-0.39, 0.29) is 24.3 Å². The molecule has 0 radical (unpaired) electrons. The molecular formula is C27H34N8O2. The van der Waals surface area contributed by atoms with Crippen LogP contribution in [0.3, 0.4) is 0 Å². The summed E-state index contributed by atoms with van der Waals surface area (Å²) in [4.78, 5) is 40.0. The number of piperidine rings is 1. The van der Waals surface area contributed by atoms with E-state index < -0.39 is 0 Å². The molecule has 3 aromatic rings. The highest BCUT2D eigenvalue weighted by Gasteiger charge is 2.26. The largest absolute Gasteiger partial charge is 0.369 e. The molecule has 0 bridgehead atoms. The Morgan fingerprint density at radius 3 is 2.41 bits per heavy atom. The molecule has 2 aromatic heterocycles. The molecule has 0 spiro atoms. The number of hydrogen-bond acceptors (Lipinski definition) is 7. The Bertz CT molecular complexity index is 1260. The number of hydrogen-bond donors (Lipinski definition) is 1. The zero-order chi connectivity index (χ0) is 25.9. The third-order valence-electron chi connectivity index (χ3n) is 7.32. The number of nitrogens with two attached hydrogens (primary N) is 1. The first kappa shape index (κ1) is 24.7. The molecule has 1 aromatic carbocycles. The lowest BCUT2D eigenvalue weighted by Crippen LogP contribution is -2.49. The van der Waals surface area contributed by atoms with Gasteiger partial charge in [-0.3, -0.25) is 14.3 Å². The Labute approximate surface area is 217 Å². The van der Waals surface area contributed by atoms with E-state index in [1.54, 1.807) is 4.68 Å². The minimum absolute atomic E-state index is 0.0967. The van der Waals surface area contributed by atoms with Crippen molar-refractivity contribution < 1.29 is 9.59 Å². The number of carbonyl (C=O) groups excluding carboxylic acids is 2. The van der Waals surface area contributed by atoms with E-state index >= 15 is 0 Å². The molecule has 2 amide bonds. The predicted molar refractivity (Wildman–Crippen MR) is 142 cm³/mol. The number of aryl methyl sites for hydroxylation is 2. The minimum Gasteiger partial charge on any atom is -0.369 e. The molecule has 0 aliphatic carbocycles. The fourth-order valence-electron chi connectivity index (χ4n) is 5.27. The van der Waals surface area contributed by atoms with Crippen LogP contribution < -0.4 is 15.5 Å². The molecule has 0 saturated carbocycles. The zero-order valence-electron chi connectivity index (χ0n) is 21.5. The molecule has 2 aliphatic heterocycles.